The zero-order valence-electron chi connectivity index (χ0n) is 11.5. The second kappa shape index (κ2) is 6.67. The third kappa shape index (κ3) is 3.68. The fraction of sp³-hybridized carbons (Fsp3) is 0.571. The third-order valence-corrected chi connectivity index (χ3v) is 3.87. The summed E-state index contributed by atoms with van der Waals surface area (Å²) in [6.07, 6.45) is 3.06. The number of hydrogen-bond acceptors (Lipinski definition) is 5. The molecule has 0 radical (unpaired) electrons. The first kappa shape index (κ1) is 14.7. The molecule has 1 atom stereocenters. The lowest BCUT2D eigenvalue weighted by Gasteiger charge is -2.32. The Morgan fingerprint density at radius 2 is 2.30 bits per heavy atom. The molecule has 3 N–H and O–H groups in total. The number of nitro benzene ring substituents is 1. The molecule has 1 aliphatic heterocycles. The monoisotopic (exact) mass is 279 g/mol. The van der Waals surface area contributed by atoms with Crippen LogP contribution in [-0.4, -0.2) is 34.6 Å². The Kier molecular flexibility index (Phi) is 4.92. The van der Waals surface area contributed by atoms with E-state index in [0.717, 1.165) is 37.9 Å². The molecule has 2 rings (SSSR count). The van der Waals surface area contributed by atoms with Gasteiger partial charge in [0.15, 0.2) is 0 Å². The lowest BCUT2D eigenvalue weighted by Crippen LogP contribution is -2.35. The predicted octanol–water partition coefficient (Wildman–Crippen LogP) is 1.77. The van der Waals surface area contributed by atoms with Gasteiger partial charge in [0.1, 0.15) is 0 Å². The summed E-state index contributed by atoms with van der Waals surface area (Å²) < 4.78 is 0. The van der Waals surface area contributed by atoms with Crippen molar-refractivity contribution in [1.82, 2.24) is 4.90 Å². The highest BCUT2D eigenvalue weighted by Gasteiger charge is 2.20. The molecule has 0 bridgehead atoms. The lowest BCUT2D eigenvalue weighted by atomic mass is 9.94. The van der Waals surface area contributed by atoms with Crippen LogP contribution < -0.4 is 5.73 Å². The molecule has 0 amide bonds. The van der Waals surface area contributed by atoms with Crippen LogP contribution >= 0.6 is 0 Å². The van der Waals surface area contributed by atoms with Gasteiger partial charge in [-0.1, -0.05) is 0 Å². The van der Waals surface area contributed by atoms with Crippen molar-refractivity contribution in [3.8, 4) is 0 Å². The second-order valence-corrected chi connectivity index (χ2v) is 5.40. The minimum atomic E-state index is -0.395. The Bertz CT molecular complexity index is 477. The number of aliphatic hydroxyl groups excluding tert-OH is 1. The molecule has 1 aromatic rings. The van der Waals surface area contributed by atoms with E-state index >= 15 is 0 Å². The van der Waals surface area contributed by atoms with Gasteiger partial charge in [-0.2, -0.15) is 0 Å². The smallest absolute Gasteiger partial charge is 0.269 e. The number of anilines is 1. The zero-order valence-corrected chi connectivity index (χ0v) is 11.5. The van der Waals surface area contributed by atoms with Crippen molar-refractivity contribution in [2.24, 2.45) is 5.92 Å². The minimum Gasteiger partial charge on any atom is -0.398 e. The molecule has 6 nitrogen and oxygen atoms in total. The van der Waals surface area contributed by atoms with Gasteiger partial charge in [-0.3, -0.25) is 15.0 Å². The quantitative estimate of drug-likeness (QED) is 0.487. The van der Waals surface area contributed by atoms with E-state index in [1.54, 1.807) is 12.1 Å². The van der Waals surface area contributed by atoms with E-state index in [-0.39, 0.29) is 12.3 Å². The normalized spacial score (nSPS) is 19.9. The molecule has 0 aliphatic carbocycles. The van der Waals surface area contributed by atoms with Gasteiger partial charge >= 0.3 is 0 Å². The number of hydrogen-bond donors (Lipinski definition) is 2. The molecular weight excluding hydrogens is 258 g/mol. The maximum atomic E-state index is 10.8. The number of nitrogens with two attached hydrogens (primary N) is 1. The molecule has 0 aromatic heterocycles. The van der Waals surface area contributed by atoms with E-state index in [1.807, 2.05) is 0 Å². The number of non-ortho nitro benzene ring substituents is 1. The highest BCUT2D eigenvalue weighted by atomic mass is 16.6. The summed E-state index contributed by atoms with van der Waals surface area (Å²) >= 11 is 0. The standard InChI is InChI=1S/C14H21N3O3/c15-14-4-3-13(17(19)20)8-12(14)10-16-6-1-2-11(9-16)5-7-18/h3-4,8,11,18H,1-2,5-7,9-10,15H2. The van der Waals surface area contributed by atoms with Gasteiger partial charge < -0.3 is 10.8 Å². The Morgan fingerprint density at radius 3 is 3.00 bits per heavy atom. The van der Waals surface area contributed by atoms with Crippen molar-refractivity contribution in [1.29, 1.82) is 0 Å². The molecule has 1 aromatic carbocycles. The first-order chi connectivity index (χ1) is 9.60. The van der Waals surface area contributed by atoms with Gasteiger partial charge in [0, 0.05) is 37.5 Å². The van der Waals surface area contributed by atoms with Gasteiger partial charge in [-0.25, -0.2) is 0 Å². The van der Waals surface area contributed by atoms with Gasteiger partial charge in [-0.15, -0.1) is 0 Å². The number of piperidine rings is 1. The van der Waals surface area contributed by atoms with Crippen LogP contribution in [0.4, 0.5) is 11.4 Å². The maximum Gasteiger partial charge on any atom is 0.269 e. The van der Waals surface area contributed by atoms with E-state index in [2.05, 4.69) is 4.90 Å². The van der Waals surface area contributed by atoms with E-state index in [0.29, 0.717) is 18.2 Å². The molecule has 1 saturated heterocycles. The van der Waals surface area contributed by atoms with E-state index in [4.69, 9.17) is 10.8 Å². The summed E-state index contributed by atoms with van der Waals surface area (Å²) in [4.78, 5) is 12.7. The summed E-state index contributed by atoms with van der Waals surface area (Å²) in [6, 6.07) is 4.59. The second-order valence-electron chi connectivity index (χ2n) is 5.40. The van der Waals surface area contributed by atoms with E-state index in [9.17, 15) is 10.1 Å². The fourth-order valence-corrected chi connectivity index (χ4v) is 2.80. The summed E-state index contributed by atoms with van der Waals surface area (Å²) in [7, 11) is 0. The van der Waals surface area contributed by atoms with Crippen LogP contribution in [0.15, 0.2) is 18.2 Å². The summed E-state index contributed by atoms with van der Waals surface area (Å²) in [5.74, 6) is 0.508. The summed E-state index contributed by atoms with van der Waals surface area (Å²) in [5.41, 5.74) is 7.40. The molecular formula is C14H21N3O3. The zero-order chi connectivity index (χ0) is 14.5. The predicted molar refractivity (Wildman–Crippen MR) is 77.2 cm³/mol. The Morgan fingerprint density at radius 1 is 1.50 bits per heavy atom. The Balaban J connectivity index is 2.05. The van der Waals surface area contributed by atoms with Crippen molar-refractivity contribution in [3.63, 3.8) is 0 Å². The number of aliphatic hydroxyl groups is 1. The number of rotatable bonds is 5. The third-order valence-electron chi connectivity index (χ3n) is 3.87. The molecule has 20 heavy (non-hydrogen) atoms. The van der Waals surface area contributed by atoms with Crippen LogP contribution in [0.2, 0.25) is 0 Å². The Hall–Kier alpha value is -1.66. The average Bonchev–Trinajstić information content (AvgIpc) is 2.42. The fourth-order valence-electron chi connectivity index (χ4n) is 2.80. The minimum absolute atomic E-state index is 0.0816. The summed E-state index contributed by atoms with van der Waals surface area (Å²) in [6.45, 7) is 2.75. The van der Waals surface area contributed by atoms with Crippen molar-refractivity contribution in [2.75, 3.05) is 25.4 Å². The largest absolute Gasteiger partial charge is 0.398 e. The Labute approximate surface area is 118 Å². The van der Waals surface area contributed by atoms with Gasteiger partial charge in [0.2, 0.25) is 0 Å². The van der Waals surface area contributed by atoms with Crippen molar-refractivity contribution < 1.29 is 10.0 Å². The molecule has 6 heteroatoms. The SMILES string of the molecule is Nc1ccc([N+](=O)[O-])cc1CN1CCCC(CCO)C1. The lowest BCUT2D eigenvalue weighted by molar-refractivity contribution is -0.384. The highest BCUT2D eigenvalue weighted by Crippen LogP contribution is 2.25. The number of nitro groups is 1. The van der Waals surface area contributed by atoms with Crippen molar-refractivity contribution in [3.05, 3.63) is 33.9 Å². The van der Waals surface area contributed by atoms with Crippen LogP contribution in [0, 0.1) is 16.0 Å². The molecule has 1 fully saturated rings. The molecule has 110 valence electrons. The highest BCUT2D eigenvalue weighted by molar-refractivity contribution is 5.52. The van der Waals surface area contributed by atoms with Crippen molar-refractivity contribution in [2.45, 2.75) is 25.8 Å². The summed E-state index contributed by atoms with van der Waals surface area (Å²) in [5, 5.41) is 19.8. The van der Waals surface area contributed by atoms with E-state index in [1.165, 1.54) is 6.07 Å². The van der Waals surface area contributed by atoms with Crippen LogP contribution in [0.5, 0.6) is 0 Å². The van der Waals surface area contributed by atoms with Gasteiger partial charge in [0.05, 0.1) is 4.92 Å². The van der Waals surface area contributed by atoms with Gasteiger partial charge in [0.25, 0.3) is 5.69 Å². The molecule has 0 saturated carbocycles. The number of nitrogen functional groups attached to an aromatic ring is 1. The molecule has 0 spiro atoms. The van der Waals surface area contributed by atoms with Crippen LogP contribution in [0.1, 0.15) is 24.8 Å². The van der Waals surface area contributed by atoms with Crippen molar-refractivity contribution >= 4 is 11.4 Å². The molecule has 1 aliphatic rings. The number of likely N-dealkylation sites (tertiary alicyclic amines) is 1. The average molecular weight is 279 g/mol. The maximum absolute atomic E-state index is 10.8. The number of nitrogens with zero attached hydrogens (tertiary/aromatic N) is 2. The topological polar surface area (TPSA) is 92.6 Å². The van der Waals surface area contributed by atoms with Crippen LogP contribution in [-0.2, 0) is 6.54 Å². The van der Waals surface area contributed by atoms with Crippen LogP contribution in [0.3, 0.4) is 0 Å². The first-order valence-corrected chi connectivity index (χ1v) is 6.96. The van der Waals surface area contributed by atoms with Gasteiger partial charge in [-0.05, 0) is 43.4 Å². The van der Waals surface area contributed by atoms with Crippen LogP contribution in [0.25, 0.3) is 0 Å². The van der Waals surface area contributed by atoms with E-state index < -0.39 is 4.92 Å². The number of benzene rings is 1. The molecule has 1 heterocycles. The molecule has 1 unspecified atom stereocenters. The first-order valence-electron chi connectivity index (χ1n) is 6.96.